The number of amides is 1. The third kappa shape index (κ3) is 4.97. The Bertz CT molecular complexity index is 904. The quantitative estimate of drug-likeness (QED) is 0.687. The maximum absolute atomic E-state index is 12.2. The molecule has 0 aliphatic rings. The Hall–Kier alpha value is -3.02. The van der Waals surface area contributed by atoms with Crippen LogP contribution in [0.15, 0.2) is 78.9 Å². The highest BCUT2D eigenvalue weighted by molar-refractivity contribution is 6.30. The summed E-state index contributed by atoms with van der Waals surface area (Å²) in [6.45, 7) is 0.464. The van der Waals surface area contributed by atoms with E-state index >= 15 is 0 Å². The summed E-state index contributed by atoms with van der Waals surface area (Å²) >= 11 is 5.85. The summed E-state index contributed by atoms with van der Waals surface area (Å²) in [6, 6.07) is 24.5. The molecule has 0 aliphatic carbocycles. The first kappa shape index (κ1) is 16.8. The van der Waals surface area contributed by atoms with Crippen LogP contribution in [0.1, 0.15) is 27.0 Å². The minimum Gasteiger partial charge on any atom is -0.348 e. The SMILES string of the molecule is O=C(NCc1ccc(Cl)cc1)c1ccc(C#Cc2ccccc2)cc1. The summed E-state index contributed by atoms with van der Waals surface area (Å²) in [5, 5.41) is 3.58. The Labute approximate surface area is 152 Å². The molecule has 0 saturated carbocycles. The van der Waals surface area contributed by atoms with E-state index in [1.165, 1.54) is 0 Å². The molecule has 3 aromatic rings. The van der Waals surface area contributed by atoms with Crippen molar-refractivity contribution in [2.75, 3.05) is 0 Å². The Morgan fingerprint density at radius 2 is 1.40 bits per heavy atom. The van der Waals surface area contributed by atoms with E-state index in [0.29, 0.717) is 17.1 Å². The van der Waals surface area contributed by atoms with Crippen molar-refractivity contribution in [2.24, 2.45) is 0 Å². The minimum absolute atomic E-state index is 0.113. The van der Waals surface area contributed by atoms with Gasteiger partial charge in [0, 0.05) is 28.3 Å². The van der Waals surface area contributed by atoms with Crippen LogP contribution in [0, 0.1) is 11.8 Å². The fourth-order valence-electron chi connectivity index (χ4n) is 2.26. The lowest BCUT2D eigenvalue weighted by Crippen LogP contribution is -2.22. The Morgan fingerprint density at radius 1 is 0.800 bits per heavy atom. The molecule has 1 amide bonds. The van der Waals surface area contributed by atoms with E-state index in [9.17, 15) is 4.79 Å². The van der Waals surface area contributed by atoms with Gasteiger partial charge in [0.1, 0.15) is 0 Å². The second kappa shape index (κ2) is 8.19. The summed E-state index contributed by atoms with van der Waals surface area (Å²) in [5.74, 6) is 6.08. The highest BCUT2D eigenvalue weighted by Crippen LogP contribution is 2.10. The standard InChI is InChI=1S/C22H16ClNO/c23-21-14-10-19(11-15-21)16-24-22(25)20-12-8-18(9-13-20)7-6-17-4-2-1-3-5-17/h1-5,8-15H,16H2,(H,24,25). The number of hydrogen-bond donors (Lipinski definition) is 1. The van der Waals surface area contributed by atoms with Gasteiger partial charge in [0.05, 0.1) is 0 Å². The molecule has 1 N–H and O–H groups in total. The molecule has 0 aromatic heterocycles. The lowest BCUT2D eigenvalue weighted by molar-refractivity contribution is 0.0951. The monoisotopic (exact) mass is 345 g/mol. The molecule has 0 unspecified atom stereocenters. The molecule has 0 saturated heterocycles. The summed E-state index contributed by atoms with van der Waals surface area (Å²) in [4.78, 5) is 12.2. The predicted octanol–water partition coefficient (Wildman–Crippen LogP) is 4.67. The van der Waals surface area contributed by atoms with Crippen molar-refractivity contribution in [1.29, 1.82) is 0 Å². The normalized spacial score (nSPS) is 9.80. The molecule has 25 heavy (non-hydrogen) atoms. The maximum atomic E-state index is 12.2. The number of carbonyl (C=O) groups is 1. The maximum Gasteiger partial charge on any atom is 0.251 e. The molecule has 0 heterocycles. The van der Waals surface area contributed by atoms with Gasteiger partial charge >= 0.3 is 0 Å². The van der Waals surface area contributed by atoms with Crippen molar-refractivity contribution >= 4 is 17.5 Å². The highest BCUT2D eigenvalue weighted by Gasteiger charge is 2.04. The third-order valence-electron chi connectivity index (χ3n) is 3.64. The zero-order chi connectivity index (χ0) is 17.5. The zero-order valence-electron chi connectivity index (χ0n) is 13.5. The van der Waals surface area contributed by atoms with Crippen molar-refractivity contribution in [2.45, 2.75) is 6.54 Å². The van der Waals surface area contributed by atoms with Gasteiger partial charge < -0.3 is 5.32 Å². The minimum atomic E-state index is -0.113. The van der Waals surface area contributed by atoms with Gasteiger partial charge in [-0.3, -0.25) is 4.79 Å². The molecule has 0 spiro atoms. The number of nitrogens with one attached hydrogen (secondary N) is 1. The van der Waals surface area contributed by atoms with Crippen LogP contribution in [0.5, 0.6) is 0 Å². The molecule has 0 bridgehead atoms. The molecule has 0 aliphatic heterocycles. The van der Waals surface area contributed by atoms with Crippen molar-refractivity contribution in [3.63, 3.8) is 0 Å². The van der Waals surface area contributed by atoms with Crippen molar-refractivity contribution < 1.29 is 4.79 Å². The number of rotatable bonds is 3. The summed E-state index contributed by atoms with van der Waals surface area (Å²) < 4.78 is 0. The topological polar surface area (TPSA) is 29.1 Å². The van der Waals surface area contributed by atoms with E-state index in [0.717, 1.165) is 16.7 Å². The average molecular weight is 346 g/mol. The summed E-state index contributed by atoms with van der Waals surface area (Å²) in [5.41, 5.74) is 3.45. The van der Waals surface area contributed by atoms with E-state index in [4.69, 9.17) is 11.6 Å². The molecular formula is C22H16ClNO. The van der Waals surface area contributed by atoms with Gasteiger partial charge in [0.25, 0.3) is 5.91 Å². The molecule has 3 heteroatoms. The Balaban J connectivity index is 1.61. The van der Waals surface area contributed by atoms with Crippen LogP contribution in [0.25, 0.3) is 0 Å². The van der Waals surface area contributed by atoms with Crippen LogP contribution in [0.2, 0.25) is 5.02 Å². The second-order valence-corrected chi connectivity index (χ2v) is 5.94. The smallest absolute Gasteiger partial charge is 0.251 e. The first-order valence-electron chi connectivity index (χ1n) is 7.90. The lowest BCUT2D eigenvalue weighted by Gasteiger charge is -2.05. The van der Waals surface area contributed by atoms with Gasteiger partial charge in [-0.05, 0) is 54.1 Å². The first-order valence-corrected chi connectivity index (χ1v) is 8.28. The average Bonchev–Trinajstić information content (AvgIpc) is 2.67. The summed E-state index contributed by atoms with van der Waals surface area (Å²) in [6.07, 6.45) is 0. The van der Waals surface area contributed by atoms with Crippen LogP contribution in [0.4, 0.5) is 0 Å². The summed E-state index contributed by atoms with van der Waals surface area (Å²) in [7, 11) is 0. The van der Waals surface area contributed by atoms with Gasteiger partial charge in [-0.1, -0.05) is 53.8 Å². The number of halogens is 1. The van der Waals surface area contributed by atoms with E-state index in [2.05, 4.69) is 17.2 Å². The molecule has 0 radical (unpaired) electrons. The number of benzene rings is 3. The van der Waals surface area contributed by atoms with Crippen LogP contribution in [0.3, 0.4) is 0 Å². The Kier molecular flexibility index (Phi) is 5.51. The van der Waals surface area contributed by atoms with Crippen molar-refractivity contribution in [3.8, 4) is 11.8 Å². The van der Waals surface area contributed by atoms with E-state index in [1.54, 1.807) is 12.1 Å². The third-order valence-corrected chi connectivity index (χ3v) is 3.89. The van der Waals surface area contributed by atoms with Gasteiger partial charge in [-0.2, -0.15) is 0 Å². The second-order valence-electron chi connectivity index (χ2n) is 5.50. The Morgan fingerprint density at radius 3 is 2.04 bits per heavy atom. The van der Waals surface area contributed by atoms with Gasteiger partial charge in [0.2, 0.25) is 0 Å². The molecule has 2 nitrogen and oxygen atoms in total. The van der Waals surface area contributed by atoms with E-state index < -0.39 is 0 Å². The van der Waals surface area contributed by atoms with Crippen LogP contribution in [-0.2, 0) is 6.54 Å². The molecular weight excluding hydrogens is 330 g/mol. The lowest BCUT2D eigenvalue weighted by atomic mass is 10.1. The largest absolute Gasteiger partial charge is 0.348 e. The van der Waals surface area contributed by atoms with Gasteiger partial charge in [-0.15, -0.1) is 0 Å². The predicted molar refractivity (Wildman–Crippen MR) is 101 cm³/mol. The van der Waals surface area contributed by atoms with Crippen LogP contribution >= 0.6 is 11.6 Å². The fraction of sp³-hybridized carbons (Fsp3) is 0.0455. The van der Waals surface area contributed by atoms with Crippen LogP contribution in [-0.4, -0.2) is 5.91 Å². The number of carbonyl (C=O) groups excluding carboxylic acids is 1. The van der Waals surface area contributed by atoms with E-state index in [-0.39, 0.29) is 5.91 Å². The first-order chi connectivity index (χ1) is 12.2. The molecule has 122 valence electrons. The van der Waals surface area contributed by atoms with Crippen molar-refractivity contribution in [3.05, 3.63) is 106 Å². The molecule has 3 aromatic carbocycles. The van der Waals surface area contributed by atoms with Crippen molar-refractivity contribution in [1.82, 2.24) is 5.32 Å². The van der Waals surface area contributed by atoms with Gasteiger partial charge in [-0.25, -0.2) is 0 Å². The van der Waals surface area contributed by atoms with Gasteiger partial charge in [0.15, 0.2) is 0 Å². The number of hydrogen-bond acceptors (Lipinski definition) is 1. The van der Waals surface area contributed by atoms with Crippen LogP contribution < -0.4 is 5.32 Å². The highest BCUT2D eigenvalue weighted by atomic mass is 35.5. The molecule has 0 atom stereocenters. The molecule has 3 rings (SSSR count). The fourth-order valence-corrected chi connectivity index (χ4v) is 2.38. The zero-order valence-corrected chi connectivity index (χ0v) is 14.3. The molecule has 0 fully saturated rings. The van der Waals surface area contributed by atoms with E-state index in [1.807, 2.05) is 66.7 Å².